The Bertz CT molecular complexity index is 433. The molecule has 0 aromatic carbocycles. The molecule has 2 heterocycles. The van der Waals surface area contributed by atoms with Crippen LogP contribution in [0.25, 0.3) is 0 Å². The van der Waals surface area contributed by atoms with Gasteiger partial charge in [0.1, 0.15) is 10.7 Å². The van der Waals surface area contributed by atoms with Crippen LogP contribution in [0, 0.1) is 0 Å². The van der Waals surface area contributed by atoms with E-state index in [0.29, 0.717) is 12.1 Å². The maximum Gasteiger partial charge on any atom is 0.187 e. The Morgan fingerprint density at radius 3 is 3.00 bits per heavy atom. The van der Waals surface area contributed by atoms with Gasteiger partial charge in [-0.2, -0.15) is 5.10 Å². The van der Waals surface area contributed by atoms with Gasteiger partial charge in [0.25, 0.3) is 0 Å². The van der Waals surface area contributed by atoms with E-state index in [4.69, 9.17) is 0 Å². The molecule has 2 aromatic rings. The number of Topliss-reactive ketones (excluding diaryl/α,β-unsaturated/α-hetero) is 1. The van der Waals surface area contributed by atoms with Crippen LogP contribution in [0.4, 0.5) is 0 Å². The van der Waals surface area contributed by atoms with E-state index in [0.717, 1.165) is 5.01 Å². The predicted octanol–water partition coefficient (Wildman–Crippen LogP) is 1.30. The number of ketones is 1. The Morgan fingerprint density at radius 1 is 1.57 bits per heavy atom. The molecular weight excluding hydrogens is 198 g/mol. The number of aryl methyl sites for hydroxylation is 1. The molecule has 0 fully saturated rings. The van der Waals surface area contributed by atoms with E-state index < -0.39 is 0 Å². The van der Waals surface area contributed by atoms with Crippen molar-refractivity contribution in [2.24, 2.45) is 7.05 Å². The van der Waals surface area contributed by atoms with E-state index in [-0.39, 0.29) is 5.78 Å². The number of carbonyl (C=O) groups is 1. The third kappa shape index (κ3) is 1.72. The van der Waals surface area contributed by atoms with Crippen molar-refractivity contribution in [2.75, 3.05) is 0 Å². The van der Waals surface area contributed by atoms with Crippen molar-refractivity contribution in [3.8, 4) is 0 Å². The van der Waals surface area contributed by atoms with Crippen LogP contribution in [0.3, 0.4) is 0 Å². The fourth-order valence-corrected chi connectivity index (χ4v) is 1.83. The van der Waals surface area contributed by atoms with Gasteiger partial charge in [0.2, 0.25) is 0 Å². The number of hydrogen-bond acceptors (Lipinski definition) is 4. The lowest BCUT2D eigenvalue weighted by Crippen LogP contribution is -2.09. The Kier molecular flexibility index (Phi) is 2.41. The molecule has 0 radical (unpaired) electrons. The zero-order valence-corrected chi connectivity index (χ0v) is 8.49. The van der Waals surface area contributed by atoms with Crippen LogP contribution in [0.15, 0.2) is 23.8 Å². The highest BCUT2D eigenvalue weighted by molar-refractivity contribution is 7.09. The molecule has 0 N–H and O–H groups in total. The zero-order chi connectivity index (χ0) is 9.97. The van der Waals surface area contributed by atoms with Gasteiger partial charge < -0.3 is 0 Å². The van der Waals surface area contributed by atoms with E-state index >= 15 is 0 Å². The Hall–Kier alpha value is -1.49. The summed E-state index contributed by atoms with van der Waals surface area (Å²) in [6.07, 6.45) is 3.68. The van der Waals surface area contributed by atoms with E-state index in [1.54, 1.807) is 30.2 Å². The van der Waals surface area contributed by atoms with Crippen molar-refractivity contribution in [2.45, 2.75) is 6.42 Å². The molecular formula is C9H9N3OS. The summed E-state index contributed by atoms with van der Waals surface area (Å²) >= 11 is 1.49. The van der Waals surface area contributed by atoms with E-state index in [9.17, 15) is 4.79 Å². The van der Waals surface area contributed by atoms with E-state index in [2.05, 4.69) is 10.1 Å². The minimum Gasteiger partial charge on any atom is -0.292 e. The van der Waals surface area contributed by atoms with Crippen molar-refractivity contribution < 1.29 is 4.79 Å². The summed E-state index contributed by atoms with van der Waals surface area (Å²) in [5.41, 5.74) is 0.625. The molecule has 0 saturated carbocycles. The molecule has 0 bridgehead atoms. The lowest BCUT2D eigenvalue weighted by Gasteiger charge is -1.98. The fourth-order valence-electron chi connectivity index (χ4n) is 1.22. The Morgan fingerprint density at radius 2 is 2.43 bits per heavy atom. The van der Waals surface area contributed by atoms with Crippen molar-refractivity contribution in [1.29, 1.82) is 0 Å². The van der Waals surface area contributed by atoms with Gasteiger partial charge in [0.15, 0.2) is 5.78 Å². The molecule has 0 aliphatic carbocycles. The lowest BCUT2D eigenvalue weighted by atomic mass is 10.2. The van der Waals surface area contributed by atoms with Crippen LogP contribution in [0.5, 0.6) is 0 Å². The lowest BCUT2D eigenvalue weighted by molar-refractivity contribution is 0.0984. The Balaban J connectivity index is 2.14. The molecule has 72 valence electrons. The number of nitrogens with zero attached hydrogens (tertiary/aromatic N) is 3. The summed E-state index contributed by atoms with van der Waals surface area (Å²) in [5, 5.41) is 6.66. The van der Waals surface area contributed by atoms with Gasteiger partial charge in [-0.25, -0.2) is 4.98 Å². The average Bonchev–Trinajstić information content (AvgIpc) is 2.75. The fraction of sp³-hybridized carbons (Fsp3) is 0.222. The summed E-state index contributed by atoms with van der Waals surface area (Å²) in [4.78, 5) is 15.8. The summed E-state index contributed by atoms with van der Waals surface area (Å²) in [6.45, 7) is 0. The topological polar surface area (TPSA) is 47.8 Å². The third-order valence-corrected chi connectivity index (χ3v) is 2.68. The van der Waals surface area contributed by atoms with Crippen molar-refractivity contribution in [1.82, 2.24) is 14.8 Å². The van der Waals surface area contributed by atoms with Gasteiger partial charge in [-0.3, -0.25) is 9.48 Å². The first kappa shape index (κ1) is 9.08. The first-order valence-electron chi connectivity index (χ1n) is 4.17. The highest BCUT2D eigenvalue weighted by Gasteiger charge is 2.11. The quantitative estimate of drug-likeness (QED) is 0.713. The molecule has 5 heteroatoms. The second kappa shape index (κ2) is 3.71. The highest BCUT2D eigenvalue weighted by Crippen LogP contribution is 2.08. The van der Waals surface area contributed by atoms with Gasteiger partial charge in [-0.15, -0.1) is 11.3 Å². The van der Waals surface area contributed by atoms with Gasteiger partial charge in [-0.05, 0) is 6.07 Å². The number of hydrogen-bond donors (Lipinski definition) is 0. The van der Waals surface area contributed by atoms with Crippen LogP contribution in [-0.2, 0) is 13.5 Å². The first-order valence-corrected chi connectivity index (χ1v) is 5.05. The van der Waals surface area contributed by atoms with E-state index in [1.165, 1.54) is 11.3 Å². The normalized spacial score (nSPS) is 10.4. The number of rotatable bonds is 3. The van der Waals surface area contributed by atoms with Gasteiger partial charge in [-0.1, -0.05) is 0 Å². The predicted molar refractivity (Wildman–Crippen MR) is 53.4 cm³/mol. The van der Waals surface area contributed by atoms with Crippen molar-refractivity contribution in [3.05, 3.63) is 34.5 Å². The van der Waals surface area contributed by atoms with Crippen LogP contribution in [0.2, 0.25) is 0 Å². The minimum atomic E-state index is 0.0555. The number of thiazole rings is 1. The molecule has 2 aromatic heterocycles. The summed E-state index contributed by atoms with van der Waals surface area (Å²) in [5.74, 6) is 0.0555. The SMILES string of the molecule is Cn1nccc1C(=O)Cc1nccs1. The average molecular weight is 207 g/mol. The van der Waals surface area contributed by atoms with Crippen LogP contribution in [-0.4, -0.2) is 20.5 Å². The molecule has 0 saturated heterocycles. The Labute approximate surface area is 85.2 Å². The van der Waals surface area contributed by atoms with Crippen molar-refractivity contribution in [3.63, 3.8) is 0 Å². The summed E-state index contributed by atoms with van der Waals surface area (Å²) in [7, 11) is 1.76. The van der Waals surface area contributed by atoms with E-state index in [1.807, 2.05) is 5.38 Å². The molecule has 0 aliphatic heterocycles. The highest BCUT2D eigenvalue weighted by atomic mass is 32.1. The van der Waals surface area contributed by atoms with Crippen LogP contribution < -0.4 is 0 Å². The third-order valence-electron chi connectivity index (χ3n) is 1.90. The number of aromatic nitrogens is 3. The number of carbonyl (C=O) groups excluding carboxylic acids is 1. The zero-order valence-electron chi connectivity index (χ0n) is 7.67. The van der Waals surface area contributed by atoms with Gasteiger partial charge in [0.05, 0.1) is 6.42 Å². The summed E-state index contributed by atoms with van der Waals surface area (Å²) in [6, 6.07) is 1.72. The summed E-state index contributed by atoms with van der Waals surface area (Å²) < 4.78 is 1.58. The van der Waals surface area contributed by atoms with Gasteiger partial charge >= 0.3 is 0 Å². The second-order valence-electron chi connectivity index (χ2n) is 2.87. The maximum absolute atomic E-state index is 11.7. The largest absolute Gasteiger partial charge is 0.292 e. The minimum absolute atomic E-state index is 0.0555. The molecule has 4 nitrogen and oxygen atoms in total. The van der Waals surface area contributed by atoms with Crippen molar-refractivity contribution >= 4 is 17.1 Å². The first-order chi connectivity index (χ1) is 6.77. The smallest absolute Gasteiger partial charge is 0.187 e. The molecule has 14 heavy (non-hydrogen) atoms. The maximum atomic E-state index is 11.7. The molecule has 0 atom stereocenters. The molecule has 0 amide bonds. The van der Waals surface area contributed by atoms with Gasteiger partial charge in [0, 0.05) is 24.8 Å². The van der Waals surface area contributed by atoms with Crippen LogP contribution in [0.1, 0.15) is 15.5 Å². The second-order valence-corrected chi connectivity index (χ2v) is 3.84. The monoisotopic (exact) mass is 207 g/mol. The molecule has 0 aliphatic rings. The molecule has 0 spiro atoms. The van der Waals surface area contributed by atoms with Crippen LogP contribution >= 0.6 is 11.3 Å². The molecule has 2 rings (SSSR count). The standard InChI is InChI=1S/C9H9N3OS/c1-12-7(2-3-11-12)8(13)6-9-10-4-5-14-9/h2-5H,6H2,1H3. The molecule has 0 unspecified atom stereocenters.